The van der Waals surface area contributed by atoms with E-state index in [0.717, 1.165) is 23.6 Å². The molecule has 0 spiro atoms. The topological polar surface area (TPSA) is 52.0 Å². The number of fused-ring (bicyclic) bond motifs is 1. The second-order valence-corrected chi connectivity index (χ2v) is 2.29. The van der Waals surface area contributed by atoms with Crippen LogP contribution in [0.25, 0.3) is 12.2 Å². The highest BCUT2D eigenvalue weighted by Crippen LogP contribution is 1.95. The highest BCUT2D eigenvalue weighted by molar-refractivity contribution is 5.33. The van der Waals surface area contributed by atoms with Gasteiger partial charge in [-0.25, -0.2) is 0 Å². The van der Waals surface area contributed by atoms with E-state index in [1.54, 1.807) is 0 Å². The summed E-state index contributed by atoms with van der Waals surface area (Å²) in [5.41, 5.74) is 6.16. The number of oxazole rings is 1. The predicted molar refractivity (Wildman–Crippen MR) is 38.3 cm³/mol. The fourth-order valence-electron chi connectivity index (χ4n) is 1.09. The van der Waals surface area contributed by atoms with Crippen LogP contribution in [0.2, 0.25) is 0 Å². The van der Waals surface area contributed by atoms with Gasteiger partial charge in [0.2, 0.25) is 0 Å². The van der Waals surface area contributed by atoms with Crippen LogP contribution in [0.3, 0.4) is 0 Å². The van der Waals surface area contributed by atoms with E-state index in [4.69, 9.17) is 10.2 Å². The Morgan fingerprint density at radius 2 is 2.20 bits per heavy atom. The van der Waals surface area contributed by atoms with Gasteiger partial charge in [0.25, 0.3) is 6.01 Å². The normalized spacial score (nSPS) is 15.2. The summed E-state index contributed by atoms with van der Waals surface area (Å²) in [6.45, 7) is 0. The molecule has 1 aliphatic rings. The Balaban J connectivity index is 2.83. The van der Waals surface area contributed by atoms with E-state index in [1.165, 1.54) is 0 Å². The first-order chi connectivity index (χ1) is 4.86. The van der Waals surface area contributed by atoms with Gasteiger partial charge < -0.3 is 10.2 Å². The maximum atomic E-state index is 5.34. The molecule has 1 aromatic heterocycles. The van der Waals surface area contributed by atoms with Crippen molar-refractivity contribution < 1.29 is 4.42 Å². The lowest BCUT2D eigenvalue weighted by atomic mass is 10.2. The van der Waals surface area contributed by atoms with Crippen molar-refractivity contribution in [3.8, 4) is 0 Å². The smallest absolute Gasteiger partial charge is 0.292 e. The van der Waals surface area contributed by atoms with Gasteiger partial charge in [-0.3, -0.25) is 0 Å². The SMILES string of the molecule is Nc1nc2c(o1)=CCCC=2. The van der Waals surface area contributed by atoms with Gasteiger partial charge in [-0.05, 0) is 18.9 Å². The second kappa shape index (κ2) is 1.87. The molecule has 3 nitrogen and oxygen atoms in total. The number of hydrogen-bond acceptors (Lipinski definition) is 3. The van der Waals surface area contributed by atoms with Gasteiger partial charge in [-0.2, -0.15) is 4.98 Å². The minimum atomic E-state index is 0.263. The number of aromatic nitrogens is 1. The van der Waals surface area contributed by atoms with Crippen molar-refractivity contribution in [2.75, 3.05) is 5.73 Å². The second-order valence-electron chi connectivity index (χ2n) is 2.29. The van der Waals surface area contributed by atoms with Crippen LogP contribution < -0.4 is 16.5 Å². The number of nitrogen functional groups attached to an aromatic ring is 1. The van der Waals surface area contributed by atoms with E-state index in [2.05, 4.69) is 4.98 Å². The molecule has 0 bridgehead atoms. The highest BCUT2D eigenvalue weighted by Gasteiger charge is 1.98. The summed E-state index contributed by atoms with van der Waals surface area (Å²) in [5.74, 6) is 0. The quantitative estimate of drug-likeness (QED) is 0.528. The minimum absolute atomic E-state index is 0.263. The molecule has 0 atom stereocenters. The van der Waals surface area contributed by atoms with Crippen molar-refractivity contribution in [1.82, 2.24) is 4.98 Å². The molecule has 2 N–H and O–H groups in total. The number of nitrogens with zero attached hydrogens (tertiary/aromatic N) is 1. The highest BCUT2D eigenvalue weighted by atomic mass is 16.4. The van der Waals surface area contributed by atoms with Gasteiger partial charge in [0.05, 0.1) is 0 Å². The van der Waals surface area contributed by atoms with Gasteiger partial charge in [0.15, 0.2) is 5.42 Å². The van der Waals surface area contributed by atoms with Crippen LogP contribution in [-0.4, -0.2) is 4.98 Å². The van der Waals surface area contributed by atoms with Crippen LogP contribution >= 0.6 is 0 Å². The molecule has 0 aromatic carbocycles. The van der Waals surface area contributed by atoms with Crippen LogP contribution in [0.15, 0.2) is 4.42 Å². The minimum Gasteiger partial charge on any atom is -0.424 e. The van der Waals surface area contributed by atoms with Gasteiger partial charge in [-0.15, -0.1) is 0 Å². The third-order valence-corrected chi connectivity index (χ3v) is 1.53. The van der Waals surface area contributed by atoms with Crippen molar-refractivity contribution in [2.45, 2.75) is 12.8 Å². The molecule has 1 aromatic rings. The Morgan fingerprint density at radius 3 is 3.00 bits per heavy atom. The first-order valence-electron chi connectivity index (χ1n) is 3.29. The first kappa shape index (κ1) is 5.53. The number of hydrogen-bond donors (Lipinski definition) is 1. The first-order valence-corrected chi connectivity index (χ1v) is 3.29. The molecule has 1 aliphatic carbocycles. The summed E-state index contributed by atoms with van der Waals surface area (Å²) >= 11 is 0. The molecule has 2 rings (SSSR count). The van der Waals surface area contributed by atoms with Gasteiger partial charge in [0.1, 0.15) is 5.35 Å². The number of rotatable bonds is 0. The molecule has 52 valence electrons. The zero-order valence-electron chi connectivity index (χ0n) is 5.50. The molecule has 0 fully saturated rings. The molecular formula is C7H8N2O. The van der Waals surface area contributed by atoms with Gasteiger partial charge in [-0.1, -0.05) is 6.08 Å². The fourth-order valence-corrected chi connectivity index (χ4v) is 1.09. The van der Waals surface area contributed by atoms with Crippen molar-refractivity contribution in [1.29, 1.82) is 0 Å². The molecule has 0 amide bonds. The average molecular weight is 136 g/mol. The van der Waals surface area contributed by atoms with E-state index < -0.39 is 0 Å². The largest absolute Gasteiger partial charge is 0.424 e. The molecule has 0 saturated heterocycles. The standard InChI is InChI=1S/C7H8N2O/c8-7-9-5-3-1-2-4-6(5)10-7/h3-4H,1-2H2,(H2,8,9). The summed E-state index contributed by atoms with van der Waals surface area (Å²) in [7, 11) is 0. The molecule has 0 aliphatic heterocycles. The third-order valence-electron chi connectivity index (χ3n) is 1.53. The molecule has 0 radical (unpaired) electrons. The summed E-state index contributed by atoms with van der Waals surface area (Å²) in [4.78, 5) is 3.98. The van der Waals surface area contributed by atoms with Crippen LogP contribution in [0, 0.1) is 0 Å². The maximum absolute atomic E-state index is 5.34. The summed E-state index contributed by atoms with van der Waals surface area (Å²) in [6, 6.07) is 0.263. The average Bonchev–Trinajstić information content (AvgIpc) is 2.27. The number of nitrogens with two attached hydrogens (primary N) is 1. The van der Waals surface area contributed by atoms with E-state index >= 15 is 0 Å². The lowest BCUT2D eigenvalue weighted by Gasteiger charge is -1.88. The lowest BCUT2D eigenvalue weighted by Crippen LogP contribution is -2.23. The van der Waals surface area contributed by atoms with E-state index in [1.807, 2.05) is 12.2 Å². The Labute approximate surface area is 57.9 Å². The molecule has 3 heteroatoms. The Bertz CT molecular complexity index is 317. The predicted octanol–water partition coefficient (Wildman–Crippen LogP) is -0.388. The van der Waals surface area contributed by atoms with Gasteiger partial charge in [0, 0.05) is 0 Å². The summed E-state index contributed by atoms with van der Waals surface area (Å²) < 4.78 is 5.09. The Kier molecular flexibility index (Phi) is 1.03. The van der Waals surface area contributed by atoms with Crippen molar-refractivity contribution in [3.05, 3.63) is 10.8 Å². The third kappa shape index (κ3) is 0.708. The molecular weight excluding hydrogens is 128 g/mol. The van der Waals surface area contributed by atoms with Crippen molar-refractivity contribution >= 4 is 18.2 Å². The number of anilines is 1. The molecule has 0 unspecified atom stereocenters. The van der Waals surface area contributed by atoms with Crippen LogP contribution in [-0.2, 0) is 0 Å². The Morgan fingerprint density at radius 1 is 1.40 bits per heavy atom. The maximum Gasteiger partial charge on any atom is 0.292 e. The van der Waals surface area contributed by atoms with Crippen molar-refractivity contribution in [3.63, 3.8) is 0 Å². The van der Waals surface area contributed by atoms with E-state index in [0.29, 0.717) is 0 Å². The molecule has 0 saturated carbocycles. The van der Waals surface area contributed by atoms with Crippen molar-refractivity contribution in [2.24, 2.45) is 0 Å². The zero-order chi connectivity index (χ0) is 6.97. The Hall–Kier alpha value is -1.25. The lowest BCUT2D eigenvalue weighted by molar-refractivity contribution is 0.543. The van der Waals surface area contributed by atoms with Crippen LogP contribution in [0.4, 0.5) is 6.01 Å². The van der Waals surface area contributed by atoms with Gasteiger partial charge >= 0.3 is 0 Å². The fraction of sp³-hybridized carbons (Fsp3) is 0.286. The summed E-state index contributed by atoms with van der Waals surface area (Å²) in [5, 5.41) is 0.892. The van der Waals surface area contributed by atoms with Crippen LogP contribution in [0.1, 0.15) is 12.8 Å². The molecule has 10 heavy (non-hydrogen) atoms. The summed E-state index contributed by atoms with van der Waals surface area (Å²) in [6.07, 6.45) is 6.12. The molecule has 1 heterocycles. The van der Waals surface area contributed by atoms with E-state index in [9.17, 15) is 0 Å². The monoisotopic (exact) mass is 136 g/mol. The van der Waals surface area contributed by atoms with Crippen LogP contribution in [0.5, 0.6) is 0 Å². The zero-order valence-corrected chi connectivity index (χ0v) is 5.50. The van der Waals surface area contributed by atoms with E-state index in [-0.39, 0.29) is 6.01 Å².